The number of hydrogen-bond donors (Lipinski definition) is 1. The van der Waals surface area contributed by atoms with Crippen LogP contribution < -0.4 is 5.32 Å². The zero-order chi connectivity index (χ0) is 15.7. The van der Waals surface area contributed by atoms with Crippen LogP contribution in [0, 0.1) is 11.3 Å². The highest BCUT2D eigenvalue weighted by Crippen LogP contribution is 2.38. The minimum absolute atomic E-state index is 0.365. The Kier molecular flexibility index (Phi) is 3.34. The molecule has 0 unspecified atom stereocenters. The molecule has 1 heterocycles. The lowest BCUT2D eigenvalue weighted by molar-refractivity contribution is 0.0421. The summed E-state index contributed by atoms with van der Waals surface area (Å²) in [6.45, 7) is 3.74. The first kappa shape index (κ1) is 14.2. The van der Waals surface area contributed by atoms with Crippen molar-refractivity contribution < 1.29 is 9.53 Å². The van der Waals surface area contributed by atoms with Gasteiger partial charge in [-0.1, -0.05) is 30.3 Å². The zero-order valence-corrected chi connectivity index (χ0v) is 12.5. The Morgan fingerprint density at radius 3 is 2.77 bits per heavy atom. The zero-order valence-electron chi connectivity index (χ0n) is 12.5. The summed E-state index contributed by atoms with van der Waals surface area (Å²) in [5, 5.41) is 11.7. The van der Waals surface area contributed by atoms with Crippen LogP contribution in [0.1, 0.15) is 25.0 Å². The van der Waals surface area contributed by atoms with E-state index in [-0.39, 0.29) is 0 Å². The van der Waals surface area contributed by atoms with Gasteiger partial charge in [-0.2, -0.15) is 5.26 Å². The number of hydrogen-bond acceptors (Lipinski definition) is 3. The van der Waals surface area contributed by atoms with Crippen molar-refractivity contribution in [2.24, 2.45) is 0 Å². The second-order valence-electron chi connectivity index (χ2n) is 5.78. The van der Waals surface area contributed by atoms with E-state index in [1.807, 2.05) is 56.3 Å². The maximum absolute atomic E-state index is 11.6. The topological polar surface area (TPSA) is 62.1 Å². The molecule has 22 heavy (non-hydrogen) atoms. The molecule has 0 saturated heterocycles. The van der Waals surface area contributed by atoms with Crippen LogP contribution in [0.4, 0.5) is 10.5 Å². The summed E-state index contributed by atoms with van der Waals surface area (Å²) in [6, 6.07) is 15.9. The number of anilines is 1. The van der Waals surface area contributed by atoms with Gasteiger partial charge in [0.25, 0.3) is 0 Å². The Morgan fingerprint density at radius 1 is 1.23 bits per heavy atom. The fourth-order valence-corrected chi connectivity index (χ4v) is 2.78. The van der Waals surface area contributed by atoms with E-state index in [1.165, 1.54) is 0 Å². The standard InChI is InChI=1S/C18H16N2O2/c1-18(2)15-11-13(7-8-16(15)20-17(21)22-18)14-6-4-3-5-12(14)9-10-19/h3-8,11H,9H2,1-2H3,(H,20,21). The van der Waals surface area contributed by atoms with Gasteiger partial charge in [0, 0.05) is 5.56 Å². The van der Waals surface area contributed by atoms with E-state index in [9.17, 15) is 4.79 Å². The maximum atomic E-state index is 11.6. The van der Waals surface area contributed by atoms with Gasteiger partial charge in [-0.15, -0.1) is 0 Å². The smallest absolute Gasteiger partial charge is 0.412 e. The van der Waals surface area contributed by atoms with Crippen LogP contribution in [0.25, 0.3) is 11.1 Å². The number of rotatable bonds is 2. The third-order valence-corrected chi connectivity index (χ3v) is 3.85. The van der Waals surface area contributed by atoms with Crippen LogP contribution in [0.5, 0.6) is 0 Å². The van der Waals surface area contributed by atoms with E-state index >= 15 is 0 Å². The number of nitrogens with one attached hydrogen (secondary N) is 1. The minimum Gasteiger partial charge on any atom is -0.438 e. The molecule has 0 atom stereocenters. The number of nitriles is 1. The van der Waals surface area contributed by atoms with E-state index in [1.54, 1.807) is 0 Å². The first-order chi connectivity index (χ1) is 10.5. The number of carbonyl (C=O) groups excluding carboxylic acids is 1. The normalized spacial score (nSPS) is 15.2. The van der Waals surface area contributed by atoms with Gasteiger partial charge in [-0.25, -0.2) is 4.79 Å². The second kappa shape index (κ2) is 5.19. The summed E-state index contributed by atoms with van der Waals surface area (Å²) in [5.74, 6) is 0. The molecule has 2 aromatic rings. The predicted molar refractivity (Wildman–Crippen MR) is 84.3 cm³/mol. The van der Waals surface area contributed by atoms with Crippen molar-refractivity contribution >= 4 is 11.8 Å². The summed E-state index contributed by atoms with van der Waals surface area (Å²) in [6.07, 6.45) is -0.0701. The van der Waals surface area contributed by atoms with Gasteiger partial charge < -0.3 is 4.74 Å². The van der Waals surface area contributed by atoms with Gasteiger partial charge in [0.1, 0.15) is 5.60 Å². The van der Waals surface area contributed by atoms with E-state index in [4.69, 9.17) is 10.00 Å². The van der Waals surface area contributed by atoms with Crippen molar-refractivity contribution in [1.82, 2.24) is 0 Å². The molecule has 1 amide bonds. The molecule has 4 heteroatoms. The molecule has 110 valence electrons. The molecular weight excluding hydrogens is 276 g/mol. The minimum atomic E-state index is -0.683. The van der Waals surface area contributed by atoms with Crippen molar-refractivity contribution in [3.8, 4) is 17.2 Å². The molecule has 0 bridgehead atoms. The average Bonchev–Trinajstić information content (AvgIpc) is 2.47. The Morgan fingerprint density at radius 2 is 2.00 bits per heavy atom. The molecule has 4 nitrogen and oxygen atoms in total. The van der Waals surface area contributed by atoms with Crippen LogP contribution in [0.15, 0.2) is 42.5 Å². The van der Waals surface area contributed by atoms with Crippen molar-refractivity contribution in [2.45, 2.75) is 25.9 Å². The van der Waals surface area contributed by atoms with Gasteiger partial charge in [0.05, 0.1) is 18.2 Å². The maximum Gasteiger partial charge on any atom is 0.412 e. The molecule has 0 spiro atoms. The van der Waals surface area contributed by atoms with E-state index in [0.717, 1.165) is 27.9 Å². The third-order valence-electron chi connectivity index (χ3n) is 3.85. The average molecular weight is 292 g/mol. The van der Waals surface area contributed by atoms with Crippen LogP contribution in [0.3, 0.4) is 0 Å². The summed E-state index contributed by atoms with van der Waals surface area (Å²) in [4.78, 5) is 11.6. The second-order valence-corrected chi connectivity index (χ2v) is 5.78. The molecule has 3 rings (SSSR count). The van der Waals surface area contributed by atoms with Crippen LogP contribution in [-0.4, -0.2) is 6.09 Å². The van der Waals surface area contributed by atoms with Gasteiger partial charge in [0.2, 0.25) is 0 Å². The number of carbonyl (C=O) groups is 1. The quantitative estimate of drug-likeness (QED) is 0.901. The highest BCUT2D eigenvalue weighted by atomic mass is 16.6. The van der Waals surface area contributed by atoms with Gasteiger partial charge in [-0.3, -0.25) is 5.32 Å². The summed E-state index contributed by atoms with van der Waals surface area (Å²) >= 11 is 0. The Hall–Kier alpha value is -2.80. The number of fused-ring (bicyclic) bond motifs is 1. The summed E-state index contributed by atoms with van der Waals surface area (Å²) in [7, 11) is 0. The summed E-state index contributed by atoms with van der Waals surface area (Å²) < 4.78 is 5.37. The Balaban J connectivity index is 2.12. The largest absolute Gasteiger partial charge is 0.438 e. The first-order valence-corrected chi connectivity index (χ1v) is 7.11. The van der Waals surface area contributed by atoms with Gasteiger partial charge in [-0.05, 0) is 42.7 Å². The number of ether oxygens (including phenoxy) is 1. The number of nitrogens with zero attached hydrogens (tertiary/aromatic N) is 1. The molecule has 0 fully saturated rings. The van der Waals surface area contributed by atoms with Gasteiger partial charge in [0.15, 0.2) is 0 Å². The number of amides is 1. The van der Waals surface area contributed by atoms with Crippen molar-refractivity contribution in [3.63, 3.8) is 0 Å². The van der Waals surface area contributed by atoms with E-state index in [2.05, 4.69) is 11.4 Å². The number of benzene rings is 2. The highest BCUT2D eigenvalue weighted by Gasteiger charge is 2.33. The molecule has 0 radical (unpaired) electrons. The fourth-order valence-electron chi connectivity index (χ4n) is 2.78. The van der Waals surface area contributed by atoms with Crippen molar-refractivity contribution in [3.05, 3.63) is 53.6 Å². The number of cyclic esters (lactones) is 1. The van der Waals surface area contributed by atoms with Crippen LogP contribution >= 0.6 is 0 Å². The fraction of sp³-hybridized carbons (Fsp3) is 0.222. The lowest BCUT2D eigenvalue weighted by Crippen LogP contribution is -2.34. The van der Waals surface area contributed by atoms with E-state index in [0.29, 0.717) is 6.42 Å². The SMILES string of the molecule is CC1(C)OC(=O)Nc2ccc(-c3ccccc3CC#N)cc21. The van der Waals surface area contributed by atoms with Crippen LogP contribution in [0.2, 0.25) is 0 Å². The first-order valence-electron chi connectivity index (χ1n) is 7.11. The van der Waals surface area contributed by atoms with Crippen molar-refractivity contribution in [2.75, 3.05) is 5.32 Å². The predicted octanol–water partition coefficient (Wildman–Crippen LogP) is 4.22. The van der Waals surface area contributed by atoms with E-state index < -0.39 is 11.7 Å². The van der Waals surface area contributed by atoms with Crippen molar-refractivity contribution in [1.29, 1.82) is 5.26 Å². The molecular formula is C18H16N2O2. The lowest BCUT2D eigenvalue weighted by Gasteiger charge is -2.32. The third kappa shape index (κ3) is 2.42. The molecule has 2 aromatic carbocycles. The highest BCUT2D eigenvalue weighted by molar-refractivity contribution is 5.89. The molecule has 0 aliphatic carbocycles. The molecule has 1 aliphatic heterocycles. The molecule has 0 aromatic heterocycles. The molecule has 0 saturated carbocycles. The lowest BCUT2D eigenvalue weighted by atomic mass is 9.89. The van der Waals surface area contributed by atoms with Gasteiger partial charge >= 0.3 is 6.09 Å². The Labute approximate surface area is 129 Å². The summed E-state index contributed by atoms with van der Waals surface area (Å²) in [5.41, 5.74) is 4.04. The monoisotopic (exact) mass is 292 g/mol. The van der Waals surface area contributed by atoms with Crippen LogP contribution in [-0.2, 0) is 16.8 Å². The molecule has 1 aliphatic rings. The Bertz CT molecular complexity index is 788. The molecule has 1 N–H and O–H groups in total.